The molecule has 1 fully saturated rings. The van der Waals surface area contributed by atoms with Crippen molar-refractivity contribution in [2.45, 2.75) is 38.0 Å². The Morgan fingerprint density at radius 1 is 1.62 bits per heavy atom. The molecule has 2 N–H and O–H groups in total. The third kappa shape index (κ3) is 3.75. The lowest BCUT2D eigenvalue weighted by Gasteiger charge is -2.24. The number of hydrogen-bond donors (Lipinski definition) is 2. The number of ether oxygens (including phenoxy) is 1. The minimum Gasteiger partial charge on any atom is -0.480 e. The van der Waals surface area contributed by atoms with Crippen LogP contribution in [0.4, 0.5) is 4.79 Å². The van der Waals surface area contributed by atoms with Gasteiger partial charge in [0.2, 0.25) is 0 Å². The number of amides is 2. The second kappa shape index (κ2) is 6.62. The van der Waals surface area contributed by atoms with Gasteiger partial charge < -0.3 is 24.5 Å². The van der Waals surface area contributed by atoms with Crippen molar-refractivity contribution in [1.82, 2.24) is 10.2 Å². The van der Waals surface area contributed by atoms with Crippen molar-refractivity contribution in [3.63, 3.8) is 0 Å². The summed E-state index contributed by atoms with van der Waals surface area (Å²) in [6.45, 7) is 2.13. The van der Waals surface area contributed by atoms with E-state index < -0.39 is 12.0 Å². The molecule has 1 aliphatic heterocycles. The summed E-state index contributed by atoms with van der Waals surface area (Å²) in [6.07, 6.45) is 2.20. The molecule has 7 heteroatoms. The highest BCUT2D eigenvalue weighted by Gasteiger charge is 2.40. The van der Waals surface area contributed by atoms with Crippen LogP contribution in [0.2, 0.25) is 0 Å². The molecular weight excluding hydrogens is 276 g/mol. The number of carboxylic acid groups (broad SMARTS) is 1. The molecule has 2 rings (SSSR count). The highest BCUT2D eigenvalue weighted by Crippen LogP contribution is 2.20. The van der Waals surface area contributed by atoms with E-state index in [4.69, 9.17) is 9.15 Å². The molecule has 2 heterocycles. The first-order valence-electron chi connectivity index (χ1n) is 6.86. The normalized spacial score (nSPS) is 23.0. The van der Waals surface area contributed by atoms with Gasteiger partial charge >= 0.3 is 12.0 Å². The van der Waals surface area contributed by atoms with Crippen LogP contribution in [-0.4, -0.2) is 53.8 Å². The van der Waals surface area contributed by atoms with Crippen molar-refractivity contribution < 1.29 is 23.8 Å². The van der Waals surface area contributed by atoms with Crippen molar-refractivity contribution in [3.05, 3.63) is 24.2 Å². The molecule has 3 atom stereocenters. The predicted octanol–water partition coefficient (Wildman–Crippen LogP) is 1.09. The molecule has 0 aromatic carbocycles. The standard InChI is InChI=1S/C14H20N2O5/c1-9(6-10-4-3-5-21-10)15-14(19)16-8-11(20-2)7-12(16)13(17)18/h3-5,9,11-12H,6-8H2,1-2H3,(H,15,19)(H,17,18). The van der Waals surface area contributed by atoms with Crippen LogP contribution in [0.25, 0.3) is 0 Å². The summed E-state index contributed by atoms with van der Waals surface area (Å²) in [5.74, 6) is -0.239. The Morgan fingerprint density at radius 2 is 2.38 bits per heavy atom. The van der Waals surface area contributed by atoms with Gasteiger partial charge in [-0.1, -0.05) is 0 Å². The molecule has 1 aromatic rings. The maximum absolute atomic E-state index is 12.2. The summed E-state index contributed by atoms with van der Waals surface area (Å²) >= 11 is 0. The van der Waals surface area contributed by atoms with Crippen molar-refractivity contribution in [2.24, 2.45) is 0 Å². The Labute approximate surface area is 122 Å². The fourth-order valence-corrected chi connectivity index (χ4v) is 2.50. The molecular formula is C14H20N2O5. The van der Waals surface area contributed by atoms with E-state index in [0.717, 1.165) is 5.76 Å². The fourth-order valence-electron chi connectivity index (χ4n) is 2.50. The van der Waals surface area contributed by atoms with Crippen LogP contribution in [-0.2, 0) is 16.0 Å². The Hall–Kier alpha value is -2.02. The lowest BCUT2D eigenvalue weighted by molar-refractivity contribution is -0.141. The number of hydrogen-bond acceptors (Lipinski definition) is 4. The molecule has 21 heavy (non-hydrogen) atoms. The smallest absolute Gasteiger partial charge is 0.326 e. The first-order chi connectivity index (χ1) is 10.0. The Morgan fingerprint density at radius 3 is 2.95 bits per heavy atom. The van der Waals surface area contributed by atoms with Gasteiger partial charge in [-0.05, 0) is 19.1 Å². The number of nitrogens with one attached hydrogen (secondary N) is 1. The molecule has 1 aromatic heterocycles. The minimum absolute atomic E-state index is 0.153. The van der Waals surface area contributed by atoms with E-state index in [1.807, 2.05) is 13.0 Å². The third-order valence-corrected chi connectivity index (χ3v) is 3.60. The number of carbonyl (C=O) groups is 2. The van der Waals surface area contributed by atoms with E-state index in [2.05, 4.69) is 5.32 Å². The monoisotopic (exact) mass is 296 g/mol. The highest BCUT2D eigenvalue weighted by atomic mass is 16.5. The van der Waals surface area contributed by atoms with Crippen molar-refractivity contribution in [2.75, 3.05) is 13.7 Å². The maximum Gasteiger partial charge on any atom is 0.326 e. The van der Waals surface area contributed by atoms with E-state index in [-0.39, 0.29) is 24.7 Å². The molecule has 116 valence electrons. The molecule has 0 radical (unpaired) electrons. The number of methoxy groups -OCH3 is 1. The zero-order valence-corrected chi connectivity index (χ0v) is 12.1. The largest absolute Gasteiger partial charge is 0.480 e. The van der Waals surface area contributed by atoms with Crippen LogP contribution in [0, 0.1) is 0 Å². The number of nitrogens with zero attached hydrogens (tertiary/aromatic N) is 1. The van der Waals surface area contributed by atoms with E-state index >= 15 is 0 Å². The van der Waals surface area contributed by atoms with Crippen LogP contribution in [0.3, 0.4) is 0 Å². The average Bonchev–Trinajstić information content (AvgIpc) is 3.06. The van der Waals surface area contributed by atoms with Gasteiger partial charge in [0, 0.05) is 32.5 Å². The fraction of sp³-hybridized carbons (Fsp3) is 0.571. The summed E-state index contributed by atoms with van der Waals surface area (Å²) in [7, 11) is 1.52. The Bertz CT molecular complexity index is 488. The van der Waals surface area contributed by atoms with Crippen molar-refractivity contribution in [3.8, 4) is 0 Å². The lowest BCUT2D eigenvalue weighted by atomic mass is 10.2. The van der Waals surface area contributed by atoms with Gasteiger partial charge in [-0.2, -0.15) is 0 Å². The van der Waals surface area contributed by atoms with E-state index in [1.165, 1.54) is 12.0 Å². The van der Waals surface area contributed by atoms with Gasteiger partial charge in [-0.25, -0.2) is 9.59 Å². The topological polar surface area (TPSA) is 92.0 Å². The second-order valence-electron chi connectivity index (χ2n) is 5.23. The molecule has 0 bridgehead atoms. The lowest BCUT2D eigenvalue weighted by Crippen LogP contribution is -2.49. The number of aliphatic carboxylic acids is 1. The molecule has 0 aliphatic carbocycles. The first-order valence-corrected chi connectivity index (χ1v) is 6.86. The number of rotatable bonds is 5. The summed E-state index contributed by atoms with van der Waals surface area (Å²) in [5.41, 5.74) is 0. The number of furan rings is 1. The third-order valence-electron chi connectivity index (χ3n) is 3.60. The molecule has 1 aliphatic rings. The van der Waals surface area contributed by atoms with Crippen molar-refractivity contribution >= 4 is 12.0 Å². The molecule has 7 nitrogen and oxygen atoms in total. The zero-order chi connectivity index (χ0) is 15.4. The van der Waals surface area contributed by atoms with Crippen molar-refractivity contribution in [1.29, 1.82) is 0 Å². The van der Waals surface area contributed by atoms with E-state index in [1.54, 1.807) is 12.3 Å². The number of likely N-dealkylation sites (tertiary alicyclic amines) is 1. The quantitative estimate of drug-likeness (QED) is 0.848. The summed E-state index contributed by atoms with van der Waals surface area (Å²) in [6, 6.07) is 2.24. The summed E-state index contributed by atoms with van der Waals surface area (Å²) in [4.78, 5) is 24.8. The SMILES string of the molecule is COC1CC(C(=O)O)N(C(=O)NC(C)Cc2ccco2)C1. The summed E-state index contributed by atoms with van der Waals surface area (Å²) < 4.78 is 10.4. The van der Waals surface area contributed by atoms with Gasteiger partial charge in [0.25, 0.3) is 0 Å². The Balaban J connectivity index is 1.93. The number of urea groups is 1. The molecule has 2 amide bonds. The average molecular weight is 296 g/mol. The first kappa shape index (κ1) is 15.4. The van der Waals surface area contributed by atoms with Crippen LogP contribution in [0.5, 0.6) is 0 Å². The van der Waals surface area contributed by atoms with Crippen LogP contribution < -0.4 is 5.32 Å². The van der Waals surface area contributed by atoms with E-state index in [9.17, 15) is 14.7 Å². The van der Waals surface area contributed by atoms with Gasteiger partial charge in [-0.15, -0.1) is 0 Å². The highest BCUT2D eigenvalue weighted by molar-refractivity contribution is 5.83. The number of carbonyl (C=O) groups excluding carboxylic acids is 1. The minimum atomic E-state index is -1.01. The maximum atomic E-state index is 12.2. The predicted molar refractivity (Wildman–Crippen MR) is 73.9 cm³/mol. The van der Waals surface area contributed by atoms with Crippen LogP contribution in [0.15, 0.2) is 22.8 Å². The Kier molecular flexibility index (Phi) is 4.85. The molecule has 1 saturated heterocycles. The zero-order valence-electron chi connectivity index (χ0n) is 12.1. The molecule has 3 unspecified atom stereocenters. The van der Waals surface area contributed by atoms with Crippen LogP contribution >= 0.6 is 0 Å². The van der Waals surface area contributed by atoms with Gasteiger partial charge in [0.15, 0.2) is 0 Å². The van der Waals surface area contributed by atoms with Gasteiger partial charge in [0.1, 0.15) is 11.8 Å². The van der Waals surface area contributed by atoms with E-state index in [0.29, 0.717) is 12.8 Å². The number of carboxylic acids is 1. The molecule has 0 spiro atoms. The van der Waals surface area contributed by atoms with Gasteiger partial charge in [-0.3, -0.25) is 0 Å². The summed E-state index contributed by atoms with van der Waals surface area (Å²) in [5, 5.41) is 12.0. The van der Waals surface area contributed by atoms with Crippen LogP contribution in [0.1, 0.15) is 19.1 Å². The van der Waals surface area contributed by atoms with Gasteiger partial charge in [0.05, 0.1) is 12.4 Å². The second-order valence-corrected chi connectivity index (χ2v) is 5.23. The molecule has 0 saturated carbocycles.